The number of hydrogen-bond donors (Lipinski definition) is 0. The fourth-order valence-corrected chi connectivity index (χ4v) is 2.71. The van der Waals surface area contributed by atoms with E-state index in [9.17, 15) is 0 Å². The van der Waals surface area contributed by atoms with Crippen LogP contribution >= 0.6 is 11.6 Å². The minimum absolute atomic E-state index is 0.729. The van der Waals surface area contributed by atoms with Crippen LogP contribution in [-0.4, -0.2) is 0 Å². The van der Waals surface area contributed by atoms with Gasteiger partial charge in [-0.1, -0.05) is 41.9 Å². The standard InChI is InChI=1S/C18H11ClO/c19-15-9-7-12(8-10-15)17-11-14-5-1-3-13-4-2-6-16(20-17)18(13)14/h1-11H. The summed E-state index contributed by atoms with van der Waals surface area (Å²) in [5, 5.41) is 3.10. The lowest BCUT2D eigenvalue weighted by Gasteiger charge is -2.19. The van der Waals surface area contributed by atoms with Crippen molar-refractivity contribution in [3.8, 4) is 5.75 Å². The number of rotatable bonds is 1. The van der Waals surface area contributed by atoms with Gasteiger partial charge in [0.2, 0.25) is 0 Å². The summed E-state index contributed by atoms with van der Waals surface area (Å²) in [6, 6.07) is 20.1. The fraction of sp³-hybridized carbons (Fsp3) is 0. The summed E-state index contributed by atoms with van der Waals surface area (Å²) in [5.41, 5.74) is 2.22. The Morgan fingerprint density at radius 3 is 2.35 bits per heavy atom. The highest BCUT2D eigenvalue weighted by Gasteiger charge is 2.15. The first kappa shape index (κ1) is 11.6. The average molecular weight is 279 g/mol. The smallest absolute Gasteiger partial charge is 0.135 e. The van der Waals surface area contributed by atoms with E-state index >= 15 is 0 Å². The summed E-state index contributed by atoms with van der Waals surface area (Å²) < 4.78 is 6.05. The molecule has 0 radical (unpaired) electrons. The third-order valence-electron chi connectivity index (χ3n) is 3.53. The Morgan fingerprint density at radius 1 is 0.800 bits per heavy atom. The Hall–Kier alpha value is -2.25. The molecule has 0 aliphatic carbocycles. The Kier molecular flexibility index (Phi) is 2.54. The Balaban J connectivity index is 1.92. The van der Waals surface area contributed by atoms with E-state index in [1.165, 1.54) is 16.3 Å². The van der Waals surface area contributed by atoms with Crippen LogP contribution in [-0.2, 0) is 0 Å². The summed E-state index contributed by atoms with van der Waals surface area (Å²) >= 11 is 5.94. The van der Waals surface area contributed by atoms with E-state index in [0.29, 0.717) is 0 Å². The highest BCUT2D eigenvalue weighted by molar-refractivity contribution is 6.30. The van der Waals surface area contributed by atoms with Crippen LogP contribution in [0.2, 0.25) is 5.02 Å². The van der Waals surface area contributed by atoms with Crippen molar-refractivity contribution in [1.82, 2.24) is 0 Å². The first-order valence-corrected chi connectivity index (χ1v) is 6.86. The molecule has 0 aromatic heterocycles. The molecule has 1 aliphatic heterocycles. The molecule has 0 saturated carbocycles. The number of halogens is 1. The van der Waals surface area contributed by atoms with Crippen molar-refractivity contribution in [3.05, 3.63) is 76.8 Å². The number of benzene rings is 3. The monoisotopic (exact) mass is 278 g/mol. The quantitative estimate of drug-likeness (QED) is 0.580. The molecule has 4 rings (SSSR count). The van der Waals surface area contributed by atoms with E-state index in [-0.39, 0.29) is 0 Å². The van der Waals surface area contributed by atoms with Gasteiger partial charge in [0.15, 0.2) is 0 Å². The second-order valence-electron chi connectivity index (χ2n) is 4.82. The maximum Gasteiger partial charge on any atom is 0.135 e. The molecule has 20 heavy (non-hydrogen) atoms. The van der Waals surface area contributed by atoms with Crippen molar-refractivity contribution >= 4 is 34.2 Å². The Bertz CT molecular complexity index is 826. The van der Waals surface area contributed by atoms with Crippen molar-refractivity contribution in [1.29, 1.82) is 0 Å². The van der Waals surface area contributed by atoms with Crippen molar-refractivity contribution in [3.63, 3.8) is 0 Å². The lowest BCUT2D eigenvalue weighted by Crippen LogP contribution is -2.00. The molecule has 0 fully saturated rings. The average Bonchev–Trinajstić information content (AvgIpc) is 2.48. The largest absolute Gasteiger partial charge is 0.456 e. The predicted octanol–water partition coefficient (Wildman–Crippen LogP) is 5.38. The molecule has 96 valence electrons. The first-order chi connectivity index (χ1) is 9.81. The van der Waals surface area contributed by atoms with Crippen LogP contribution in [0.3, 0.4) is 0 Å². The topological polar surface area (TPSA) is 9.23 Å². The maximum absolute atomic E-state index is 6.05. The molecular weight excluding hydrogens is 268 g/mol. The molecule has 2 heteroatoms. The van der Waals surface area contributed by atoms with Gasteiger partial charge in [0.05, 0.1) is 0 Å². The van der Waals surface area contributed by atoms with Gasteiger partial charge in [-0.05, 0) is 47.4 Å². The molecule has 0 saturated heterocycles. The zero-order valence-electron chi connectivity index (χ0n) is 10.6. The highest BCUT2D eigenvalue weighted by atomic mass is 35.5. The molecule has 0 N–H and O–H groups in total. The second kappa shape index (κ2) is 4.39. The van der Waals surface area contributed by atoms with E-state index in [4.69, 9.17) is 16.3 Å². The van der Waals surface area contributed by atoms with Crippen LogP contribution in [0.4, 0.5) is 0 Å². The van der Waals surface area contributed by atoms with Gasteiger partial charge in [0.25, 0.3) is 0 Å². The van der Waals surface area contributed by atoms with E-state index < -0.39 is 0 Å². The maximum atomic E-state index is 6.05. The third-order valence-corrected chi connectivity index (χ3v) is 3.79. The van der Waals surface area contributed by atoms with E-state index in [0.717, 1.165) is 22.1 Å². The summed E-state index contributed by atoms with van der Waals surface area (Å²) in [4.78, 5) is 0. The second-order valence-corrected chi connectivity index (χ2v) is 5.26. The van der Waals surface area contributed by atoms with Gasteiger partial charge in [0, 0.05) is 16.0 Å². The zero-order chi connectivity index (χ0) is 13.5. The molecular formula is C18H11ClO. The van der Waals surface area contributed by atoms with Gasteiger partial charge in [-0.25, -0.2) is 0 Å². The molecule has 0 bridgehead atoms. The van der Waals surface area contributed by atoms with Gasteiger partial charge < -0.3 is 4.74 Å². The van der Waals surface area contributed by atoms with Crippen LogP contribution in [0.1, 0.15) is 11.1 Å². The molecule has 0 unspecified atom stereocenters. The van der Waals surface area contributed by atoms with Crippen molar-refractivity contribution in [2.75, 3.05) is 0 Å². The zero-order valence-corrected chi connectivity index (χ0v) is 11.4. The molecule has 3 aromatic carbocycles. The third kappa shape index (κ3) is 1.79. The predicted molar refractivity (Wildman–Crippen MR) is 83.9 cm³/mol. The minimum atomic E-state index is 0.729. The summed E-state index contributed by atoms with van der Waals surface area (Å²) in [5.74, 6) is 1.76. The minimum Gasteiger partial charge on any atom is -0.456 e. The van der Waals surface area contributed by atoms with Crippen LogP contribution in [0, 0.1) is 0 Å². The van der Waals surface area contributed by atoms with Gasteiger partial charge >= 0.3 is 0 Å². The molecule has 0 spiro atoms. The van der Waals surface area contributed by atoms with Gasteiger partial charge in [-0.3, -0.25) is 0 Å². The van der Waals surface area contributed by atoms with E-state index in [1.807, 2.05) is 36.4 Å². The molecule has 1 nitrogen and oxygen atoms in total. The first-order valence-electron chi connectivity index (χ1n) is 6.48. The summed E-state index contributed by atoms with van der Waals surface area (Å²) in [7, 11) is 0. The molecule has 0 atom stereocenters. The Labute approximate surface area is 122 Å². The lowest BCUT2D eigenvalue weighted by atomic mass is 9.99. The highest BCUT2D eigenvalue weighted by Crippen LogP contribution is 2.37. The van der Waals surface area contributed by atoms with Crippen molar-refractivity contribution in [2.45, 2.75) is 0 Å². The van der Waals surface area contributed by atoms with Crippen LogP contribution in [0.15, 0.2) is 60.7 Å². The molecule has 0 amide bonds. The molecule has 3 aromatic rings. The number of hydrogen-bond acceptors (Lipinski definition) is 1. The van der Waals surface area contributed by atoms with Crippen LogP contribution < -0.4 is 4.74 Å². The van der Waals surface area contributed by atoms with Crippen LogP contribution in [0.5, 0.6) is 5.75 Å². The summed E-state index contributed by atoms with van der Waals surface area (Å²) in [6.45, 7) is 0. The van der Waals surface area contributed by atoms with Crippen molar-refractivity contribution in [2.24, 2.45) is 0 Å². The molecule has 1 aliphatic rings. The molecule has 1 heterocycles. The summed E-state index contributed by atoms with van der Waals surface area (Å²) in [6.07, 6.45) is 2.08. The normalized spacial score (nSPS) is 12.9. The van der Waals surface area contributed by atoms with Crippen LogP contribution in [0.25, 0.3) is 22.6 Å². The van der Waals surface area contributed by atoms with E-state index in [2.05, 4.69) is 30.3 Å². The van der Waals surface area contributed by atoms with Gasteiger partial charge in [-0.15, -0.1) is 0 Å². The number of ether oxygens (including phenoxy) is 1. The van der Waals surface area contributed by atoms with Crippen molar-refractivity contribution < 1.29 is 4.74 Å². The van der Waals surface area contributed by atoms with Gasteiger partial charge in [-0.2, -0.15) is 0 Å². The fourth-order valence-electron chi connectivity index (χ4n) is 2.59. The van der Waals surface area contributed by atoms with E-state index in [1.54, 1.807) is 0 Å². The Morgan fingerprint density at radius 2 is 1.55 bits per heavy atom. The lowest BCUT2D eigenvalue weighted by molar-refractivity contribution is 0.521. The SMILES string of the molecule is Clc1ccc(C2=Cc3cccc4cccc(c34)O2)cc1. The van der Waals surface area contributed by atoms with Gasteiger partial charge in [0.1, 0.15) is 11.5 Å².